The van der Waals surface area contributed by atoms with Crippen LogP contribution in [0.3, 0.4) is 0 Å². The maximum Gasteiger partial charge on any atom is 0.316 e. The summed E-state index contributed by atoms with van der Waals surface area (Å²) in [5.41, 5.74) is 1.91. The number of allylic oxidation sites excluding steroid dienone is 1. The number of rotatable bonds is 4. The van der Waals surface area contributed by atoms with E-state index in [4.69, 9.17) is 25.8 Å². The van der Waals surface area contributed by atoms with Crippen molar-refractivity contribution in [1.82, 2.24) is 4.98 Å². The lowest BCUT2D eigenvalue weighted by Gasteiger charge is -2.24. The number of hydrogen-bond acceptors (Lipinski definition) is 6. The first-order valence-corrected chi connectivity index (χ1v) is 12.1. The molecule has 3 aliphatic rings. The van der Waals surface area contributed by atoms with E-state index in [1.807, 2.05) is 13.8 Å². The molecular formula is C27H27ClFNO5. The molecule has 1 aromatic carbocycles. The van der Waals surface area contributed by atoms with Crippen molar-refractivity contribution >= 4 is 28.9 Å². The van der Waals surface area contributed by atoms with Crippen LogP contribution in [-0.2, 0) is 19.1 Å². The topological polar surface area (TPSA) is 74.7 Å². The summed E-state index contributed by atoms with van der Waals surface area (Å²) in [7, 11) is 0. The Morgan fingerprint density at radius 1 is 1.11 bits per heavy atom. The first-order valence-electron chi connectivity index (χ1n) is 11.7. The third-order valence-electron chi connectivity index (χ3n) is 6.93. The van der Waals surface area contributed by atoms with Crippen LogP contribution in [0.25, 0.3) is 5.57 Å². The van der Waals surface area contributed by atoms with Crippen LogP contribution in [0.2, 0.25) is 5.02 Å². The molecule has 0 radical (unpaired) electrons. The number of aryl methyl sites for hydroxylation is 2. The number of carbonyl (C=O) groups excluding carboxylic acids is 2. The molecule has 2 aromatic rings. The zero-order valence-corrected chi connectivity index (χ0v) is 21.0. The summed E-state index contributed by atoms with van der Waals surface area (Å²) in [4.78, 5) is 30.6. The number of esters is 1. The van der Waals surface area contributed by atoms with Crippen LogP contribution in [0.5, 0.6) is 11.6 Å². The number of ether oxygens (including phenoxy) is 3. The van der Waals surface area contributed by atoms with Crippen molar-refractivity contribution < 1.29 is 28.2 Å². The van der Waals surface area contributed by atoms with Gasteiger partial charge in [-0.15, -0.1) is 0 Å². The molecule has 3 heterocycles. The van der Waals surface area contributed by atoms with E-state index in [1.54, 1.807) is 32.9 Å². The molecule has 184 valence electrons. The van der Waals surface area contributed by atoms with Crippen molar-refractivity contribution in [2.75, 3.05) is 0 Å². The van der Waals surface area contributed by atoms with E-state index in [-0.39, 0.29) is 46.7 Å². The zero-order valence-electron chi connectivity index (χ0n) is 20.3. The average molecular weight is 500 g/mol. The number of pyridine rings is 1. The van der Waals surface area contributed by atoms with Gasteiger partial charge in [0.2, 0.25) is 0 Å². The van der Waals surface area contributed by atoms with E-state index < -0.39 is 11.2 Å². The van der Waals surface area contributed by atoms with Gasteiger partial charge in [-0.1, -0.05) is 11.6 Å². The molecule has 6 nitrogen and oxygen atoms in total. The lowest BCUT2D eigenvalue weighted by atomic mass is 9.80. The van der Waals surface area contributed by atoms with Crippen LogP contribution in [0.4, 0.5) is 4.39 Å². The van der Waals surface area contributed by atoms with Gasteiger partial charge in [0.25, 0.3) is 5.88 Å². The van der Waals surface area contributed by atoms with Crippen LogP contribution >= 0.6 is 11.6 Å². The van der Waals surface area contributed by atoms with E-state index in [9.17, 15) is 14.0 Å². The molecule has 0 amide bonds. The fourth-order valence-corrected chi connectivity index (χ4v) is 5.53. The highest BCUT2D eigenvalue weighted by Crippen LogP contribution is 2.55. The second kappa shape index (κ2) is 8.42. The van der Waals surface area contributed by atoms with Gasteiger partial charge in [-0.05, 0) is 82.3 Å². The van der Waals surface area contributed by atoms with Gasteiger partial charge in [0.15, 0.2) is 11.6 Å². The van der Waals surface area contributed by atoms with E-state index in [0.29, 0.717) is 22.6 Å². The molecule has 0 unspecified atom stereocenters. The Morgan fingerprint density at radius 2 is 1.74 bits per heavy atom. The minimum atomic E-state index is -0.727. The van der Waals surface area contributed by atoms with Gasteiger partial charge in [-0.2, -0.15) is 0 Å². The first kappa shape index (κ1) is 23.9. The molecule has 2 fully saturated rings. The van der Waals surface area contributed by atoms with E-state index >= 15 is 0 Å². The monoisotopic (exact) mass is 499 g/mol. The summed E-state index contributed by atoms with van der Waals surface area (Å²) in [6.45, 7) is 9.06. The van der Waals surface area contributed by atoms with Crippen molar-refractivity contribution in [3.63, 3.8) is 0 Å². The number of hydrogen-bond donors (Lipinski definition) is 0. The van der Waals surface area contributed by atoms with E-state index in [2.05, 4.69) is 4.98 Å². The Balaban J connectivity index is 1.57. The van der Waals surface area contributed by atoms with Gasteiger partial charge in [-0.25, -0.2) is 9.37 Å². The highest BCUT2D eigenvalue weighted by atomic mass is 35.5. The van der Waals surface area contributed by atoms with Gasteiger partial charge >= 0.3 is 5.97 Å². The smallest absolute Gasteiger partial charge is 0.316 e. The Morgan fingerprint density at radius 3 is 2.34 bits per heavy atom. The molecule has 5 rings (SSSR count). The SMILES string of the molecule is Cc1cc(Oc2ncc(Cl)cc2F)cc(C)c1C1=C(OC(=O)C(C)(C)C)[C@H]2[C@@H](C1=O)[C@@H]1CC[C@H]2O1. The highest BCUT2D eigenvalue weighted by molar-refractivity contribution is 6.30. The summed E-state index contributed by atoms with van der Waals surface area (Å²) in [6.07, 6.45) is 2.70. The lowest BCUT2D eigenvalue weighted by molar-refractivity contribution is -0.149. The number of benzene rings is 1. The number of halogens is 2. The molecule has 2 bridgehead atoms. The molecule has 2 saturated heterocycles. The summed E-state index contributed by atoms with van der Waals surface area (Å²) >= 11 is 5.78. The van der Waals surface area contributed by atoms with Crippen LogP contribution in [-0.4, -0.2) is 28.9 Å². The van der Waals surface area contributed by atoms with Crippen molar-refractivity contribution in [3.05, 3.63) is 57.7 Å². The van der Waals surface area contributed by atoms with Crippen LogP contribution in [0, 0.1) is 36.9 Å². The van der Waals surface area contributed by atoms with Crippen molar-refractivity contribution in [1.29, 1.82) is 0 Å². The Hall–Kier alpha value is -2.77. The van der Waals surface area contributed by atoms with E-state index in [0.717, 1.165) is 30.0 Å². The normalized spacial score (nSPS) is 25.3. The largest absolute Gasteiger partial charge is 0.436 e. The zero-order chi connectivity index (χ0) is 25.2. The molecule has 35 heavy (non-hydrogen) atoms. The average Bonchev–Trinajstić information content (AvgIpc) is 3.44. The standard InChI is InChI=1S/C27H27ClFNO5/c1-12-8-15(33-25-16(29)10-14(28)11-30-25)9-13(2)19(12)22-23(31)20-17-6-7-18(34-17)21(20)24(22)35-26(32)27(3,4)5/h8-11,17-18,20-21H,6-7H2,1-5H3/t17-,18+,20-,21+/m0/s1. The number of ketones is 1. The van der Waals surface area contributed by atoms with E-state index in [1.165, 1.54) is 6.20 Å². The van der Waals surface area contributed by atoms with Gasteiger partial charge in [-0.3, -0.25) is 9.59 Å². The summed E-state index contributed by atoms with van der Waals surface area (Å²) in [6, 6.07) is 4.58. The Labute approximate surface area is 208 Å². The van der Waals surface area contributed by atoms with Gasteiger partial charge in [0.1, 0.15) is 11.5 Å². The van der Waals surface area contributed by atoms with Gasteiger partial charge in [0.05, 0.1) is 40.1 Å². The van der Waals surface area contributed by atoms with Crippen LogP contribution in [0.1, 0.15) is 50.3 Å². The fourth-order valence-electron chi connectivity index (χ4n) is 5.38. The molecular weight excluding hydrogens is 473 g/mol. The predicted octanol–water partition coefficient (Wildman–Crippen LogP) is 5.96. The minimum absolute atomic E-state index is 0.0517. The number of nitrogens with zero attached hydrogens (tertiary/aromatic N) is 1. The summed E-state index contributed by atoms with van der Waals surface area (Å²) < 4.78 is 31.9. The first-order chi connectivity index (χ1) is 16.5. The molecule has 1 aromatic heterocycles. The summed E-state index contributed by atoms with van der Waals surface area (Å²) in [5, 5.41) is 0.171. The van der Waals surface area contributed by atoms with Crippen LogP contribution in [0.15, 0.2) is 30.2 Å². The molecule has 8 heteroatoms. The highest BCUT2D eigenvalue weighted by Gasteiger charge is 2.60. The molecule has 4 atom stereocenters. The predicted molar refractivity (Wildman–Crippen MR) is 128 cm³/mol. The second-order valence-corrected chi connectivity index (χ2v) is 11.0. The second-order valence-electron chi connectivity index (χ2n) is 10.6. The van der Waals surface area contributed by atoms with Gasteiger partial charge in [0, 0.05) is 6.20 Å². The maximum atomic E-state index is 14.2. The third-order valence-corrected chi connectivity index (χ3v) is 7.14. The molecule has 0 saturated carbocycles. The fraction of sp³-hybridized carbons (Fsp3) is 0.444. The number of aromatic nitrogens is 1. The molecule has 2 aliphatic heterocycles. The molecule has 0 spiro atoms. The summed E-state index contributed by atoms with van der Waals surface area (Å²) in [5.74, 6) is -1.12. The van der Waals surface area contributed by atoms with Gasteiger partial charge < -0.3 is 14.2 Å². The Bertz CT molecular complexity index is 1260. The van der Waals surface area contributed by atoms with Crippen molar-refractivity contribution in [3.8, 4) is 11.6 Å². The quantitative estimate of drug-likeness (QED) is 0.483. The molecule has 0 N–H and O–H groups in total. The number of carbonyl (C=O) groups is 2. The minimum Gasteiger partial charge on any atom is -0.436 e. The van der Waals surface area contributed by atoms with Crippen LogP contribution < -0.4 is 4.74 Å². The van der Waals surface area contributed by atoms with Crippen molar-refractivity contribution in [2.45, 2.75) is 59.7 Å². The lowest BCUT2D eigenvalue weighted by Crippen LogP contribution is -2.31. The Kier molecular flexibility index (Phi) is 5.76. The number of fused-ring (bicyclic) bond motifs is 5. The number of Topliss-reactive ketones (excluding diaryl/α,β-unsaturated/α-hetero) is 1. The maximum absolute atomic E-state index is 14.2. The molecule has 1 aliphatic carbocycles. The van der Waals surface area contributed by atoms with Crippen molar-refractivity contribution in [2.24, 2.45) is 17.3 Å². The third kappa shape index (κ3) is 4.04.